The number of aromatic nitrogens is 2. The molecule has 1 aromatic heterocycles. The third kappa shape index (κ3) is 2.99. The summed E-state index contributed by atoms with van der Waals surface area (Å²) in [5.41, 5.74) is 2.81. The van der Waals surface area contributed by atoms with Crippen molar-refractivity contribution >= 4 is 34.8 Å². The molecule has 0 unspecified atom stereocenters. The maximum atomic E-state index is 6.02. The van der Waals surface area contributed by atoms with E-state index in [1.165, 1.54) is 0 Å². The van der Waals surface area contributed by atoms with E-state index in [1.807, 2.05) is 19.9 Å². The summed E-state index contributed by atoms with van der Waals surface area (Å²) in [6, 6.07) is 5.38. The molecule has 6 heteroatoms. The average molecular weight is 320 g/mol. The number of benzene rings is 1. The molecule has 0 N–H and O–H groups in total. The molecule has 1 heterocycles. The summed E-state index contributed by atoms with van der Waals surface area (Å²) in [6.45, 7) is 4.36. The zero-order valence-electron chi connectivity index (χ0n) is 10.6. The molecule has 0 aliphatic rings. The molecule has 19 heavy (non-hydrogen) atoms. The lowest BCUT2D eigenvalue weighted by molar-refractivity contribution is 0.325. The van der Waals surface area contributed by atoms with E-state index in [0.717, 1.165) is 16.9 Å². The van der Waals surface area contributed by atoms with Crippen LogP contribution in [0.2, 0.25) is 10.0 Å². The smallest absolute Gasteiger partial charge is 0.236 e. The van der Waals surface area contributed by atoms with Crippen LogP contribution in [-0.4, -0.2) is 22.3 Å². The van der Waals surface area contributed by atoms with Gasteiger partial charge in [0.25, 0.3) is 0 Å². The number of hydrogen-bond donors (Lipinski definition) is 0. The van der Waals surface area contributed by atoms with Crippen LogP contribution in [0.15, 0.2) is 18.2 Å². The summed E-state index contributed by atoms with van der Waals surface area (Å²) in [5.74, 6) is 1.02. The summed E-state index contributed by atoms with van der Waals surface area (Å²) >= 11 is 17.6. The van der Waals surface area contributed by atoms with Crippen molar-refractivity contribution in [2.45, 2.75) is 13.8 Å². The molecular weight excluding hydrogens is 307 g/mol. The zero-order chi connectivity index (χ0) is 14.0. The SMILES string of the molecule is Cc1c(OCCCl)nn(-c2ccc(Cl)c(Cl)c2)c1C. The van der Waals surface area contributed by atoms with Crippen LogP contribution in [0.25, 0.3) is 5.69 Å². The van der Waals surface area contributed by atoms with E-state index in [4.69, 9.17) is 39.5 Å². The van der Waals surface area contributed by atoms with Gasteiger partial charge in [0, 0.05) is 11.3 Å². The third-order valence-electron chi connectivity index (χ3n) is 2.84. The van der Waals surface area contributed by atoms with Crippen molar-refractivity contribution in [3.8, 4) is 11.6 Å². The summed E-state index contributed by atoms with van der Waals surface area (Å²) in [7, 11) is 0. The summed E-state index contributed by atoms with van der Waals surface area (Å²) in [5, 5.41) is 5.44. The highest BCUT2D eigenvalue weighted by Gasteiger charge is 2.14. The Morgan fingerprint density at radius 2 is 1.95 bits per heavy atom. The quantitative estimate of drug-likeness (QED) is 0.780. The Morgan fingerprint density at radius 3 is 2.58 bits per heavy atom. The first-order valence-electron chi connectivity index (χ1n) is 5.75. The number of hydrogen-bond acceptors (Lipinski definition) is 2. The molecule has 0 atom stereocenters. The molecule has 0 fully saturated rings. The van der Waals surface area contributed by atoms with Crippen molar-refractivity contribution < 1.29 is 4.74 Å². The first kappa shape index (κ1) is 14.5. The molecule has 0 radical (unpaired) electrons. The van der Waals surface area contributed by atoms with E-state index in [9.17, 15) is 0 Å². The van der Waals surface area contributed by atoms with E-state index >= 15 is 0 Å². The van der Waals surface area contributed by atoms with Crippen molar-refractivity contribution in [2.75, 3.05) is 12.5 Å². The fourth-order valence-electron chi connectivity index (χ4n) is 1.69. The van der Waals surface area contributed by atoms with Crippen LogP contribution in [0, 0.1) is 13.8 Å². The van der Waals surface area contributed by atoms with Gasteiger partial charge in [-0.3, -0.25) is 0 Å². The lowest BCUT2D eigenvalue weighted by Gasteiger charge is -2.05. The molecule has 0 bridgehead atoms. The van der Waals surface area contributed by atoms with Crippen LogP contribution in [0.3, 0.4) is 0 Å². The molecule has 0 aliphatic heterocycles. The lowest BCUT2D eigenvalue weighted by Crippen LogP contribution is -2.01. The van der Waals surface area contributed by atoms with E-state index in [-0.39, 0.29) is 0 Å². The van der Waals surface area contributed by atoms with Gasteiger partial charge in [0.2, 0.25) is 5.88 Å². The van der Waals surface area contributed by atoms with Crippen LogP contribution in [-0.2, 0) is 0 Å². The normalized spacial score (nSPS) is 10.8. The number of nitrogens with zero attached hydrogens (tertiary/aromatic N) is 2. The van der Waals surface area contributed by atoms with Crippen LogP contribution in [0.4, 0.5) is 0 Å². The van der Waals surface area contributed by atoms with Crippen LogP contribution >= 0.6 is 34.8 Å². The van der Waals surface area contributed by atoms with Gasteiger partial charge in [0.05, 0.1) is 21.6 Å². The molecule has 0 aliphatic carbocycles. The van der Waals surface area contributed by atoms with Crippen molar-refractivity contribution in [3.63, 3.8) is 0 Å². The third-order valence-corrected chi connectivity index (χ3v) is 3.73. The number of alkyl halides is 1. The second kappa shape index (κ2) is 6.04. The van der Waals surface area contributed by atoms with Gasteiger partial charge in [0.1, 0.15) is 6.61 Å². The predicted octanol–water partition coefficient (Wildman–Crippen LogP) is 4.41. The highest BCUT2D eigenvalue weighted by molar-refractivity contribution is 6.42. The first-order valence-corrected chi connectivity index (χ1v) is 7.04. The molecule has 0 amide bonds. The average Bonchev–Trinajstić information content (AvgIpc) is 2.67. The van der Waals surface area contributed by atoms with E-state index in [2.05, 4.69) is 5.10 Å². The van der Waals surface area contributed by atoms with Gasteiger partial charge < -0.3 is 4.74 Å². The fraction of sp³-hybridized carbons (Fsp3) is 0.308. The topological polar surface area (TPSA) is 27.1 Å². The Balaban J connectivity index is 2.41. The minimum atomic E-state index is 0.429. The van der Waals surface area contributed by atoms with Gasteiger partial charge in [-0.1, -0.05) is 23.2 Å². The van der Waals surface area contributed by atoms with E-state index in [1.54, 1.807) is 16.8 Å². The second-order valence-corrected chi connectivity index (χ2v) is 5.26. The largest absolute Gasteiger partial charge is 0.475 e. The van der Waals surface area contributed by atoms with Gasteiger partial charge in [-0.05, 0) is 32.0 Å². The molecule has 3 nitrogen and oxygen atoms in total. The van der Waals surface area contributed by atoms with Crippen molar-refractivity contribution in [1.82, 2.24) is 9.78 Å². The van der Waals surface area contributed by atoms with Gasteiger partial charge in [0.15, 0.2) is 0 Å². The highest BCUT2D eigenvalue weighted by atomic mass is 35.5. The van der Waals surface area contributed by atoms with Gasteiger partial charge in [-0.25, -0.2) is 4.68 Å². The predicted molar refractivity (Wildman–Crippen MR) is 79.3 cm³/mol. The molecule has 2 aromatic rings. The zero-order valence-corrected chi connectivity index (χ0v) is 12.9. The Bertz CT molecular complexity index is 596. The minimum Gasteiger partial charge on any atom is -0.475 e. The van der Waals surface area contributed by atoms with Gasteiger partial charge in [-0.15, -0.1) is 16.7 Å². The number of rotatable bonds is 4. The van der Waals surface area contributed by atoms with Gasteiger partial charge >= 0.3 is 0 Å². The van der Waals surface area contributed by atoms with Crippen molar-refractivity contribution in [2.24, 2.45) is 0 Å². The summed E-state index contributed by atoms with van der Waals surface area (Å²) in [4.78, 5) is 0. The number of halogens is 3. The molecule has 1 aromatic carbocycles. The Labute approximate surface area is 127 Å². The van der Waals surface area contributed by atoms with Crippen LogP contribution in [0.1, 0.15) is 11.3 Å². The van der Waals surface area contributed by atoms with Crippen LogP contribution in [0.5, 0.6) is 5.88 Å². The Kier molecular flexibility index (Phi) is 4.61. The standard InChI is InChI=1S/C13H13Cl3N2O/c1-8-9(2)18(17-13(8)19-6-5-14)10-3-4-11(15)12(16)7-10/h3-4,7H,5-6H2,1-2H3. The Hall–Kier alpha value is -0.900. The molecule has 102 valence electrons. The molecule has 0 saturated heterocycles. The molecule has 0 saturated carbocycles. The first-order chi connectivity index (χ1) is 9.04. The monoisotopic (exact) mass is 318 g/mol. The van der Waals surface area contributed by atoms with E-state index < -0.39 is 0 Å². The Morgan fingerprint density at radius 1 is 1.21 bits per heavy atom. The van der Waals surface area contributed by atoms with E-state index in [0.29, 0.717) is 28.4 Å². The fourth-order valence-corrected chi connectivity index (χ4v) is 2.06. The molecule has 2 rings (SSSR count). The maximum absolute atomic E-state index is 6.02. The maximum Gasteiger partial charge on any atom is 0.236 e. The lowest BCUT2D eigenvalue weighted by atomic mass is 10.2. The highest BCUT2D eigenvalue weighted by Crippen LogP contribution is 2.27. The molecule has 0 spiro atoms. The minimum absolute atomic E-state index is 0.429. The van der Waals surface area contributed by atoms with Gasteiger partial charge in [-0.2, -0.15) is 0 Å². The number of ether oxygens (including phenoxy) is 1. The van der Waals surface area contributed by atoms with Crippen LogP contribution < -0.4 is 4.74 Å². The van der Waals surface area contributed by atoms with Crippen molar-refractivity contribution in [1.29, 1.82) is 0 Å². The molecular formula is C13H13Cl3N2O. The summed E-state index contributed by atoms with van der Waals surface area (Å²) < 4.78 is 7.28. The second-order valence-electron chi connectivity index (χ2n) is 4.06. The summed E-state index contributed by atoms with van der Waals surface area (Å²) in [6.07, 6.45) is 0. The van der Waals surface area contributed by atoms with Crippen molar-refractivity contribution in [3.05, 3.63) is 39.5 Å².